The average Bonchev–Trinajstić information content (AvgIpc) is 2.48. The molecule has 0 radical (unpaired) electrons. The molecule has 2 rings (SSSR count). The van der Waals surface area contributed by atoms with E-state index >= 15 is 0 Å². The topological polar surface area (TPSA) is 89.6 Å². The minimum absolute atomic E-state index is 0.151. The summed E-state index contributed by atoms with van der Waals surface area (Å²) in [5.41, 5.74) is 6.66. The van der Waals surface area contributed by atoms with Gasteiger partial charge in [0.15, 0.2) is 0 Å². The monoisotopic (exact) mass is 343 g/mol. The van der Waals surface area contributed by atoms with E-state index in [1.165, 1.54) is 29.8 Å². The van der Waals surface area contributed by atoms with Gasteiger partial charge in [-0.3, -0.25) is 4.55 Å². The van der Waals surface area contributed by atoms with Gasteiger partial charge in [-0.15, -0.1) is 0 Å². The zero-order chi connectivity index (χ0) is 16.6. The van der Waals surface area contributed by atoms with E-state index in [0.717, 1.165) is 12.2 Å². The molecule has 0 heterocycles. The highest BCUT2D eigenvalue weighted by Gasteiger charge is 2.07. The van der Waals surface area contributed by atoms with Crippen LogP contribution in [0.25, 0.3) is 0 Å². The van der Waals surface area contributed by atoms with Crippen molar-refractivity contribution in [2.45, 2.75) is 11.3 Å². The van der Waals surface area contributed by atoms with E-state index < -0.39 is 10.1 Å². The summed E-state index contributed by atoms with van der Waals surface area (Å²) in [5, 5.41) is 0.428. The first-order valence-electron chi connectivity index (χ1n) is 6.43. The number of methoxy groups -OCH3 is 1. The Bertz CT molecular complexity index is 670. The van der Waals surface area contributed by atoms with E-state index in [1.807, 2.05) is 24.3 Å². The Morgan fingerprint density at radius 2 is 1.64 bits per heavy atom. The first-order valence-corrected chi connectivity index (χ1v) is 8.24. The number of ether oxygens (including phenoxy) is 1. The lowest BCUT2D eigenvalue weighted by Crippen LogP contribution is -2.02. The van der Waals surface area contributed by atoms with Crippen LogP contribution in [-0.4, -0.2) is 26.6 Å². The molecular weight excluding hydrogens is 326 g/mol. The van der Waals surface area contributed by atoms with Crippen molar-refractivity contribution in [1.29, 1.82) is 0 Å². The van der Waals surface area contributed by atoms with Crippen molar-refractivity contribution >= 4 is 21.7 Å². The lowest BCUT2D eigenvalue weighted by Gasteiger charge is -2.00. The van der Waals surface area contributed by atoms with Crippen LogP contribution in [0.1, 0.15) is 5.56 Å². The summed E-state index contributed by atoms with van der Waals surface area (Å²) in [6, 6.07) is 13.2. The van der Waals surface area contributed by atoms with E-state index in [4.69, 9.17) is 26.6 Å². The minimum Gasteiger partial charge on any atom is -0.497 e. The smallest absolute Gasteiger partial charge is 0.294 e. The number of benzene rings is 2. The Hall–Kier alpha value is -1.60. The SMILES string of the molecule is COc1ccc(CCN)cc1.O=S(=O)(O)c1ccc(Cl)cc1. The third-order valence-corrected chi connectivity index (χ3v) is 3.82. The molecule has 0 saturated carbocycles. The molecule has 5 nitrogen and oxygen atoms in total. The van der Waals surface area contributed by atoms with Gasteiger partial charge in [0.25, 0.3) is 10.1 Å². The van der Waals surface area contributed by atoms with Crippen LogP contribution < -0.4 is 10.5 Å². The predicted octanol–water partition coefficient (Wildman–Crippen LogP) is 2.78. The zero-order valence-corrected chi connectivity index (χ0v) is 13.6. The molecule has 2 aromatic carbocycles. The number of hydrogen-bond donors (Lipinski definition) is 2. The van der Waals surface area contributed by atoms with Crippen LogP contribution in [-0.2, 0) is 16.5 Å². The second-order valence-corrected chi connectivity index (χ2v) is 6.17. The summed E-state index contributed by atoms with van der Waals surface area (Å²) in [4.78, 5) is -0.151. The van der Waals surface area contributed by atoms with E-state index in [2.05, 4.69) is 0 Å². The fourth-order valence-corrected chi connectivity index (χ4v) is 2.17. The van der Waals surface area contributed by atoms with Gasteiger partial charge in [0.05, 0.1) is 12.0 Å². The van der Waals surface area contributed by atoms with Crippen LogP contribution >= 0.6 is 11.6 Å². The van der Waals surface area contributed by atoms with Gasteiger partial charge in [0.1, 0.15) is 5.75 Å². The van der Waals surface area contributed by atoms with Crippen molar-refractivity contribution in [1.82, 2.24) is 0 Å². The van der Waals surface area contributed by atoms with Gasteiger partial charge >= 0.3 is 0 Å². The minimum atomic E-state index is -4.08. The van der Waals surface area contributed by atoms with E-state index in [-0.39, 0.29) is 4.90 Å². The molecule has 7 heteroatoms. The molecule has 0 aliphatic rings. The highest BCUT2D eigenvalue weighted by molar-refractivity contribution is 7.85. The quantitative estimate of drug-likeness (QED) is 0.833. The largest absolute Gasteiger partial charge is 0.497 e. The van der Waals surface area contributed by atoms with Crippen LogP contribution in [0.2, 0.25) is 5.02 Å². The highest BCUT2D eigenvalue weighted by atomic mass is 35.5. The molecule has 0 unspecified atom stereocenters. The van der Waals surface area contributed by atoms with Crippen molar-refractivity contribution in [2.24, 2.45) is 5.73 Å². The third-order valence-electron chi connectivity index (χ3n) is 2.70. The molecule has 0 aromatic heterocycles. The van der Waals surface area contributed by atoms with Crippen molar-refractivity contribution in [2.75, 3.05) is 13.7 Å². The second-order valence-electron chi connectivity index (χ2n) is 4.32. The fraction of sp³-hybridized carbons (Fsp3) is 0.200. The second kappa shape index (κ2) is 8.75. The Balaban J connectivity index is 0.000000220. The lowest BCUT2D eigenvalue weighted by molar-refractivity contribution is 0.414. The Morgan fingerprint density at radius 1 is 1.09 bits per heavy atom. The number of halogens is 1. The van der Waals surface area contributed by atoms with Crippen molar-refractivity contribution in [3.63, 3.8) is 0 Å². The van der Waals surface area contributed by atoms with Gasteiger partial charge in [0, 0.05) is 5.02 Å². The maximum Gasteiger partial charge on any atom is 0.294 e. The molecule has 3 N–H and O–H groups in total. The van der Waals surface area contributed by atoms with Crippen LogP contribution in [0.3, 0.4) is 0 Å². The first kappa shape index (κ1) is 18.4. The van der Waals surface area contributed by atoms with Crippen molar-refractivity contribution in [3.05, 3.63) is 59.1 Å². The Morgan fingerprint density at radius 3 is 2.05 bits per heavy atom. The summed E-state index contributed by atoms with van der Waals surface area (Å²) in [7, 11) is -2.41. The van der Waals surface area contributed by atoms with Gasteiger partial charge in [-0.05, 0) is 54.9 Å². The van der Waals surface area contributed by atoms with E-state index in [1.54, 1.807) is 7.11 Å². The first-order chi connectivity index (χ1) is 10.4. The average molecular weight is 344 g/mol. The summed E-state index contributed by atoms with van der Waals surface area (Å²) >= 11 is 5.49. The zero-order valence-electron chi connectivity index (χ0n) is 12.1. The molecule has 0 bridgehead atoms. The maximum absolute atomic E-state index is 10.5. The molecule has 22 heavy (non-hydrogen) atoms. The van der Waals surface area contributed by atoms with Crippen LogP contribution in [0.5, 0.6) is 5.75 Å². The number of nitrogens with two attached hydrogens (primary N) is 1. The lowest BCUT2D eigenvalue weighted by atomic mass is 10.1. The molecule has 0 amide bonds. The molecule has 120 valence electrons. The maximum atomic E-state index is 10.5. The number of hydrogen-bond acceptors (Lipinski definition) is 4. The van der Waals surface area contributed by atoms with Gasteiger partial charge in [-0.1, -0.05) is 23.7 Å². The molecule has 0 aliphatic heterocycles. The van der Waals surface area contributed by atoms with Crippen LogP contribution in [0.15, 0.2) is 53.4 Å². The van der Waals surface area contributed by atoms with Crippen molar-refractivity contribution in [3.8, 4) is 5.75 Å². The molecule has 0 fully saturated rings. The van der Waals surface area contributed by atoms with Crippen molar-refractivity contribution < 1.29 is 17.7 Å². The van der Waals surface area contributed by atoms with Crippen LogP contribution in [0, 0.1) is 0 Å². The molecular formula is C15H18ClNO4S. The Labute approximate surface area is 135 Å². The highest BCUT2D eigenvalue weighted by Crippen LogP contribution is 2.13. The fourth-order valence-electron chi connectivity index (χ4n) is 1.57. The standard InChI is InChI=1S/C9H13NO.C6H5ClO3S/c1-11-9-4-2-8(3-5-9)6-7-10;7-5-1-3-6(4-2-5)11(8,9)10/h2-5H,6-7,10H2,1H3;1-4H,(H,8,9,10). The van der Waals surface area contributed by atoms with Crippen LogP contribution in [0.4, 0.5) is 0 Å². The molecule has 0 aliphatic carbocycles. The predicted molar refractivity (Wildman–Crippen MR) is 87.0 cm³/mol. The summed E-state index contributed by atoms with van der Waals surface area (Å²) in [6.45, 7) is 0.701. The molecule has 2 aromatic rings. The summed E-state index contributed by atoms with van der Waals surface area (Å²) in [5.74, 6) is 0.894. The molecule has 0 atom stereocenters. The third kappa shape index (κ3) is 6.44. The van der Waals surface area contributed by atoms with E-state index in [0.29, 0.717) is 11.6 Å². The summed E-state index contributed by atoms with van der Waals surface area (Å²) in [6.07, 6.45) is 0.935. The van der Waals surface area contributed by atoms with E-state index in [9.17, 15) is 8.42 Å². The molecule has 0 saturated heterocycles. The summed E-state index contributed by atoms with van der Waals surface area (Å²) < 4.78 is 34.4. The van der Waals surface area contributed by atoms with Gasteiger partial charge in [-0.2, -0.15) is 8.42 Å². The molecule has 0 spiro atoms. The van der Waals surface area contributed by atoms with Gasteiger partial charge in [-0.25, -0.2) is 0 Å². The normalized spacial score (nSPS) is 10.5. The van der Waals surface area contributed by atoms with Gasteiger partial charge < -0.3 is 10.5 Å². The Kier molecular flexibility index (Phi) is 7.34. The van der Waals surface area contributed by atoms with Gasteiger partial charge in [0.2, 0.25) is 0 Å². The number of rotatable bonds is 4.